The van der Waals surface area contributed by atoms with Crippen LogP contribution in [0.2, 0.25) is 0 Å². The van der Waals surface area contributed by atoms with Crippen LogP contribution in [0.4, 0.5) is 11.4 Å². The highest BCUT2D eigenvalue weighted by Gasteiger charge is 2.73. The molecule has 0 radical (unpaired) electrons. The molecule has 2 fully saturated rings. The summed E-state index contributed by atoms with van der Waals surface area (Å²) in [6, 6.07) is 24.7. The molecule has 0 aromatic heterocycles. The Morgan fingerprint density at radius 3 is 2.17 bits per heavy atom. The van der Waals surface area contributed by atoms with Crippen LogP contribution in [0.5, 0.6) is 0 Å². The number of carbonyl (C=O) groups excluding carboxylic acids is 3. The van der Waals surface area contributed by atoms with Crippen molar-refractivity contribution in [3.63, 3.8) is 0 Å². The Morgan fingerprint density at radius 1 is 0.800 bits per heavy atom. The van der Waals surface area contributed by atoms with Crippen molar-refractivity contribution >= 4 is 29.1 Å². The van der Waals surface area contributed by atoms with Gasteiger partial charge in [-0.05, 0) is 44.2 Å². The molecule has 3 aliphatic rings. The largest absolute Gasteiger partial charge is 0.313 e. The second kappa shape index (κ2) is 7.62. The van der Waals surface area contributed by atoms with Gasteiger partial charge in [0.15, 0.2) is 0 Å². The highest BCUT2D eigenvalue weighted by atomic mass is 16.2. The summed E-state index contributed by atoms with van der Waals surface area (Å²) in [5.41, 5.74) is 3.05. The van der Waals surface area contributed by atoms with Crippen LogP contribution in [-0.4, -0.2) is 42.8 Å². The van der Waals surface area contributed by atoms with Gasteiger partial charge in [0.1, 0.15) is 5.54 Å². The maximum absolute atomic E-state index is 14.2. The number of nitrogens with zero attached hydrogens (tertiary/aromatic N) is 3. The van der Waals surface area contributed by atoms with Gasteiger partial charge in [0, 0.05) is 24.3 Å². The van der Waals surface area contributed by atoms with Gasteiger partial charge in [-0.1, -0.05) is 66.2 Å². The molecule has 3 heterocycles. The van der Waals surface area contributed by atoms with Crippen molar-refractivity contribution in [1.29, 1.82) is 0 Å². The standard InChI is InChI=1S/C29H27N3O3/c1-18-13-15-20(16-14-18)32-26(33)24-23(17-19-9-5-4-6-10-19)31(3)29(25(24)27(32)34)21-11-7-8-12-22(21)30(2)28(29)35/h4-16,23-25H,17H2,1-3H3/t23-,24+,25-,29+/m0/s1. The van der Waals surface area contributed by atoms with E-state index in [1.54, 1.807) is 11.9 Å². The maximum atomic E-state index is 14.2. The first-order valence-electron chi connectivity index (χ1n) is 12.0. The number of para-hydroxylation sites is 1. The Morgan fingerprint density at radius 2 is 1.46 bits per heavy atom. The lowest BCUT2D eigenvalue weighted by Crippen LogP contribution is -2.55. The number of hydrogen-bond acceptors (Lipinski definition) is 4. The van der Waals surface area contributed by atoms with Crippen LogP contribution in [0.3, 0.4) is 0 Å². The van der Waals surface area contributed by atoms with E-state index in [-0.39, 0.29) is 23.8 Å². The van der Waals surface area contributed by atoms with E-state index in [2.05, 4.69) is 0 Å². The molecule has 176 valence electrons. The fourth-order valence-corrected chi connectivity index (χ4v) is 6.52. The van der Waals surface area contributed by atoms with E-state index < -0.39 is 17.4 Å². The van der Waals surface area contributed by atoms with Gasteiger partial charge in [0.25, 0.3) is 5.91 Å². The summed E-state index contributed by atoms with van der Waals surface area (Å²) in [5, 5.41) is 0. The SMILES string of the molecule is Cc1ccc(N2C(=O)[C@H]3[C@@H](C2=O)[C@]2(C(=O)N(C)c4ccccc42)N(C)[C@H]3Cc2ccccc2)cc1. The zero-order chi connectivity index (χ0) is 24.5. The molecule has 2 saturated heterocycles. The van der Waals surface area contributed by atoms with Crippen LogP contribution in [0.25, 0.3) is 0 Å². The van der Waals surface area contributed by atoms with Crippen LogP contribution in [0.1, 0.15) is 16.7 Å². The van der Waals surface area contributed by atoms with Crippen molar-refractivity contribution in [2.45, 2.75) is 24.9 Å². The molecule has 3 aliphatic heterocycles. The monoisotopic (exact) mass is 465 g/mol. The molecule has 0 N–H and O–H groups in total. The zero-order valence-corrected chi connectivity index (χ0v) is 20.0. The van der Waals surface area contributed by atoms with Gasteiger partial charge < -0.3 is 4.90 Å². The van der Waals surface area contributed by atoms with Gasteiger partial charge >= 0.3 is 0 Å². The summed E-state index contributed by atoms with van der Waals surface area (Å²) in [7, 11) is 3.65. The van der Waals surface area contributed by atoms with Gasteiger partial charge in [-0.15, -0.1) is 0 Å². The second-order valence-electron chi connectivity index (χ2n) is 9.87. The number of likely N-dealkylation sites (tertiary alicyclic amines) is 1. The van der Waals surface area contributed by atoms with Gasteiger partial charge in [-0.3, -0.25) is 19.3 Å². The molecule has 0 aliphatic carbocycles. The number of amides is 3. The third-order valence-corrected chi connectivity index (χ3v) is 8.16. The first kappa shape index (κ1) is 21.7. The van der Waals surface area contributed by atoms with Crippen molar-refractivity contribution in [3.8, 4) is 0 Å². The van der Waals surface area contributed by atoms with E-state index >= 15 is 0 Å². The third-order valence-electron chi connectivity index (χ3n) is 8.16. The van der Waals surface area contributed by atoms with Gasteiger partial charge in [0.05, 0.1) is 17.5 Å². The van der Waals surface area contributed by atoms with Crippen LogP contribution in [-0.2, 0) is 26.3 Å². The Hall–Kier alpha value is -3.77. The van der Waals surface area contributed by atoms with Crippen LogP contribution in [0.15, 0.2) is 78.9 Å². The van der Waals surface area contributed by atoms with Crippen molar-refractivity contribution in [1.82, 2.24) is 4.90 Å². The smallest absolute Gasteiger partial charge is 0.252 e. The molecule has 4 atom stereocenters. The van der Waals surface area contributed by atoms with E-state index in [4.69, 9.17) is 0 Å². The van der Waals surface area contributed by atoms with E-state index in [1.165, 1.54) is 4.90 Å². The van der Waals surface area contributed by atoms with E-state index in [1.807, 2.05) is 97.7 Å². The summed E-state index contributed by atoms with van der Waals surface area (Å²) in [6.45, 7) is 1.97. The second-order valence-corrected chi connectivity index (χ2v) is 9.87. The van der Waals surface area contributed by atoms with Crippen LogP contribution in [0, 0.1) is 18.8 Å². The summed E-state index contributed by atoms with van der Waals surface area (Å²) in [6.07, 6.45) is 0.570. The summed E-state index contributed by atoms with van der Waals surface area (Å²) in [5.74, 6) is -2.11. The minimum absolute atomic E-state index is 0.154. The minimum atomic E-state index is -1.22. The number of imide groups is 1. The lowest BCUT2D eigenvalue weighted by molar-refractivity contribution is -0.136. The summed E-state index contributed by atoms with van der Waals surface area (Å²) in [4.78, 5) is 47.2. The first-order valence-corrected chi connectivity index (χ1v) is 12.0. The zero-order valence-electron chi connectivity index (χ0n) is 20.0. The Bertz CT molecular complexity index is 1350. The molecule has 35 heavy (non-hydrogen) atoms. The lowest BCUT2D eigenvalue weighted by atomic mass is 9.76. The summed E-state index contributed by atoms with van der Waals surface area (Å²) >= 11 is 0. The number of likely N-dealkylation sites (N-methyl/N-ethyl adjacent to an activating group) is 2. The molecular formula is C29H27N3O3. The molecule has 1 spiro atoms. The molecule has 0 unspecified atom stereocenters. The van der Waals surface area contributed by atoms with Crippen LogP contribution < -0.4 is 9.80 Å². The van der Waals surface area contributed by atoms with Crippen molar-refractivity contribution in [2.75, 3.05) is 23.9 Å². The van der Waals surface area contributed by atoms with Gasteiger partial charge in [0.2, 0.25) is 11.8 Å². The normalized spacial score (nSPS) is 27.7. The van der Waals surface area contributed by atoms with Crippen molar-refractivity contribution in [3.05, 3.63) is 95.6 Å². The fraction of sp³-hybridized carbons (Fsp3) is 0.276. The molecular weight excluding hydrogens is 438 g/mol. The number of carbonyl (C=O) groups is 3. The van der Waals surface area contributed by atoms with E-state index in [0.29, 0.717) is 12.1 Å². The highest BCUT2D eigenvalue weighted by molar-refractivity contribution is 6.26. The lowest BCUT2D eigenvalue weighted by Gasteiger charge is -2.37. The average Bonchev–Trinajstić information content (AvgIpc) is 3.37. The minimum Gasteiger partial charge on any atom is -0.313 e. The predicted molar refractivity (Wildman–Crippen MR) is 134 cm³/mol. The molecule has 6 heteroatoms. The first-order chi connectivity index (χ1) is 16.9. The Kier molecular flexibility index (Phi) is 4.73. The maximum Gasteiger partial charge on any atom is 0.252 e. The van der Waals surface area contributed by atoms with Crippen molar-refractivity contribution < 1.29 is 14.4 Å². The number of anilines is 2. The predicted octanol–water partition coefficient (Wildman–Crippen LogP) is 3.53. The number of aryl methyl sites for hydroxylation is 1. The van der Waals surface area contributed by atoms with Gasteiger partial charge in [-0.2, -0.15) is 0 Å². The Balaban J connectivity index is 1.55. The molecule has 3 amide bonds. The highest BCUT2D eigenvalue weighted by Crippen LogP contribution is 2.59. The van der Waals surface area contributed by atoms with E-state index in [9.17, 15) is 14.4 Å². The number of fused-ring (bicyclic) bond motifs is 4. The molecule has 0 bridgehead atoms. The molecule has 3 aromatic rings. The molecule has 3 aromatic carbocycles. The third kappa shape index (κ3) is 2.77. The molecule has 6 rings (SSSR count). The number of benzene rings is 3. The average molecular weight is 466 g/mol. The Labute approximate surface area is 204 Å². The molecule has 6 nitrogen and oxygen atoms in total. The topological polar surface area (TPSA) is 60.9 Å². The van der Waals surface area contributed by atoms with E-state index in [0.717, 1.165) is 22.4 Å². The summed E-state index contributed by atoms with van der Waals surface area (Å²) < 4.78 is 0. The quantitative estimate of drug-likeness (QED) is 0.556. The number of rotatable bonds is 3. The van der Waals surface area contributed by atoms with Gasteiger partial charge in [-0.25, -0.2) is 4.90 Å². The van der Waals surface area contributed by atoms with Crippen LogP contribution >= 0.6 is 0 Å². The number of hydrogen-bond donors (Lipinski definition) is 0. The molecule has 0 saturated carbocycles. The fourth-order valence-electron chi connectivity index (χ4n) is 6.52. The van der Waals surface area contributed by atoms with Crippen molar-refractivity contribution in [2.24, 2.45) is 11.8 Å².